The van der Waals surface area contributed by atoms with Gasteiger partial charge in [-0.15, -0.1) is 0 Å². The van der Waals surface area contributed by atoms with Gasteiger partial charge >= 0.3 is 0 Å². The molecule has 1 heterocycles. The Morgan fingerprint density at radius 3 is 2.67 bits per heavy atom. The van der Waals surface area contributed by atoms with E-state index < -0.39 is 5.82 Å². The summed E-state index contributed by atoms with van der Waals surface area (Å²) < 4.78 is 31.8. The first-order valence-corrected chi connectivity index (χ1v) is 6.14. The van der Waals surface area contributed by atoms with Gasteiger partial charge in [0.2, 0.25) is 5.82 Å². The Morgan fingerprint density at radius 1 is 1.14 bits per heavy atom. The summed E-state index contributed by atoms with van der Waals surface area (Å²) >= 11 is 0. The minimum atomic E-state index is -0.666. The van der Waals surface area contributed by atoms with Gasteiger partial charge in [0, 0.05) is 5.56 Å². The third-order valence-electron chi connectivity index (χ3n) is 3.06. The van der Waals surface area contributed by atoms with Crippen LogP contribution in [0.15, 0.2) is 40.9 Å². The van der Waals surface area contributed by atoms with E-state index in [1.54, 1.807) is 6.92 Å². The Kier molecular flexibility index (Phi) is 3.13. The van der Waals surface area contributed by atoms with Gasteiger partial charge in [0.05, 0.1) is 0 Å². The minimum Gasteiger partial charge on any atom is -0.507 e. The zero-order chi connectivity index (χ0) is 15.0. The molecule has 0 amide bonds. The third-order valence-corrected chi connectivity index (χ3v) is 3.06. The normalized spacial score (nSPS) is 10.8. The monoisotopic (exact) mass is 288 g/mol. The van der Waals surface area contributed by atoms with Gasteiger partial charge in [-0.1, -0.05) is 11.2 Å². The number of benzene rings is 2. The molecule has 106 valence electrons. The standard InChI is InChI=1S/C15H10F2N2O2/c1-8-7-9(16)5-6-10(8)14-18-15(21-19-14)13-11(17)3-2-4-12(13)20/h2-7,20H,1H3. The summed E-state index contributed by atoms with van der Waals surface area (Å²) in [5, 5.41) is 13.4. The SMILES string of the molecule is Cc1cc(F)ccc1-c1noc(-c2c(O)cccc2F)n1. The molecule has 0 fully saturated rings. The molecule has 0 spiro atoms. The number of hydrogen-bond acceptors (Lipinski definition) is 4. The molecule has 2 aromatic carbocycles. The Morgan fingerprint density at radius 2 is 1.95 bits per heavy atom. The lowest BCUT2D eigenvalue weighted by atomic mass is 10.1. The number of phenols is 1. The lowest BCUT2D eigenvalue weighted by molar-refractivity contribution is 0.421. The first-order valence-electron chi connectivity index (χ1n) is 6.14. The van der Waals surface area contributed by atoms with Crippen molar-refractivity contribution in [1.29, 1.82) is 0 Å². The summed E-state index contributed by atoms with van der Waals surface area (Å²) in [5.41, 5.74) is 1.04. The van der Waals surface area contributed by atoms with E-state index in [9.17, 15) is 13.9 Å². The second-order valence-corrected chi connectivity index (χ2v) is 4.52. The smallest absolute Gasteiger partial charge is 0.265 e. The van der Waals surface area contributed by atoms with E-state index in [-0.39, 0.29) is 28.8 Å². The molecular weight excluding hydrogens is 278 g/mol. The molecule has 4 nitrogen and oxygen atoms in total. The largest absolute Gasteiger partial charge is 0.507 e. The Balaban J connectivity index is 2.08. The maximum atomic E-state index is 13.7. The van der Waals surface area contributed by atoms with E-state index in [1.165, 1.54) is 36.4 Å². The van der Waals surface area contributed by atoms with Gasteiger partial charge in [-0.2, -0.15) is 4.98 Å². The summed E-state index contributed by atoms with van der Waals surface area (Å²) in [6, 6.07) is 8.01. The van der Waals surface area contributed by atoms with Crippen LogP contribution in [0.5, 0.6) is 5.75 Å². The zero-order valence-electron chi connectivity index (χ0n) is 11.0. The van der Waals surface area contributed by atoms with Crippen molar-refractivity contribution in [2.24, 2.45) is 0 Å². The highest BCUT2D eigenvalue weighted by atomic mass is 19.1. The summed E-state index contributed by atoms with van der Waals surface area (Å²) in [6.07, 6.45) is 0. The van der Waals surface area contributed by atoms with E-state index in [0.29, 0.717) is 11.1 Å². The molecule has 6 heteroatoms. The van der Waals surface area contributed by atoms with E-state index in [2.05, 4.69) is 10.1 Å². The third kappa shape index (κ3) is 2.35. The maximum absolute atomic E-state index is 13.7. The molecule has 0 saturated heterocycles. The van der Waals surface area contributed by atoms with Crippen LogP contribution >= 0.6 is 0 Å². The van der Waals surface area contributed by atoms with Crippen LogP contribution in [0, 0.1) is 18.6 Å². The molecule has 0 unspecified atom stereocenters. The first kappa shape index (κ1) is 13.2. The van der Waals surface area contributed by atoms with Crippen LogP contribution < -0.4 is 0 Å². The molecule has 1 N–H and O–H groups in total. The number of aromatic hydroxyl groups is 1. The van der Waals surface area contributed by atoms with Crippen molar-refractivity contribution in [3.8, 4) is 28.6 Å². The fraction of sp³-hybridized carbons (Fsp3) is 0.0667. The number of hydrogen-bond donors (Lipinski definition) is 1. The predicted octanol–water partition coefficient (Wildman–Crippen LogP) is 3.70. The second kappa shape index (κ2) is 4.97. The average molecular weight is 288 g/mol. The van der Waals surface area contributed by atoms with Gasteiger partial charge in [0.25, 0.3) is 5.89 Å². The maximum Gasteiger partial charge on any atom is 0.265 e. The highest BCUT2D eigenvalue weighted by Gasteiger charge is 2.18. The molecule has 0 saturated carbocycles. The van der Waals surface area contributed by atoms with Gasteiger partial charge in [-0.25, -0.2) is 8.78 Å². The number of rotatable bonds is 2. The quantitative estimate of drug-likeness (QED) is 0.781. The molecule has 0 radical (unpaired) electrons. The van der Waals surface area contributed by atoms with Crippen molar-refractivity contribution < 1.29 is 18.4 Å². The van der Waals surface area contributed by atoms with Crippen molar-refractivity contribution >= 4 is 0 Å². The molecule has 3 rings (SSSR count). The molecule has 0 aliphatic carbocycles. The molecule has 3 aromatic rings. The van der Waals surface area contributed by atoms with Gasteiger partial charge in [0.15, 0.2) is 0 Å². The highest BCUT2D eigenvalue weighted by molar-refractivity contribution is 5.66. The Labute approximate surface area is 118 Å². The summed E-state index contributed by atoms with van der Waals surface area (Å²) in [4.78, 5) is 4.06. The molecule has 1 aromatic heterocycles. The average Bonchev–Trinajstić information content (AvgIpc) is 2.87. The fourth-order valence-electron chi connectivity index (χ4n) is 2.04. The van der Waals surface area contributed by atoms with Crippen molar-refractivity contribution in [3.05, 3.63) is 53.6 Å². The first-order chi connectivity index (χ1) is 10.1. The number of phenolic OH excluding ortho intramolecular Hbond substituents is 1. The highest BCUT2D eigenvalue weighted by Crippen LogP contribution is 2.32. The van der Waals surface area contributed by atoms with Crippen LogP contribution in [0.25, 0.3) is 22.8 Å². The van der Waals surface area contributed by atoms with Gasteiger partial charge < -0.3 is 9.63 Å². The molecule has 0 bridgehead atoms. The Bertz CT molecular complexity index is 795. The van der Waals surface area contributed by atoms with E-state index in [4.69, 9.17) is 4.52 Å². The lowest BCUT2D eigenvalue weighted by Gasteiger charge is -2.00. The van der Waals surface area contributed by atoms with Crippen LogP contribution in [-0.2, 0) is 0 Å². The van der Waals surface area contributed by atoms with E-state index in [1.807, 2.05) is 0 Å². The summed E-state index contributed by atoms with van der Waals surface area (Å²) in [7, 11) is 0. The van der Waals surface area contributed by atoms with Crippen molar-refractivity contribution in [2.45, 2.75) is 6.92 Å². The van der Waals surface area contributed by atoms with Crippen molar-refractivity contribution in [3.63, 3.8) is 0 Å². The van der Waals surface area contributed by atoms with Crippen LogP contribution in [0.2, 0.25) is 0 Å². The molecule has 0 aliphatic rings. The fourth-order valence-corrected chi connectivity index (χ4v) is 2.04. The number of aryl methyl sites for hydroxylation is 1. The summed E-state index contributed by atoms with van der Waals surface area (Å²) in [6.45, 7) is 1.70. The number of halogens is 2. The van der Waals surface area contributed by atoms with E-state index >= 15 is 0 Å². The van der Waals surface area contributed by atoms with Gasteiger partial charge in [0.1, 0.15) is 22.9 Å². The minimum absolute atomic E-state index is 0.135. The van der Waals surface area contributed by atoms with Gasteiger partial charge in [-0.3, -0.25) is 0 Å². The zero-order valence-corrected chi connectivity index (χ0v) is 11.0. The predicted molar refractivity (Wildman–Crippen MR) is 71.5 cm³/mol. The molecule has 21 heavy (non-hydrogen) atoms. The molecule has 0 atom stereocenters. The van der Waals surface area contributed by atoms with E-state index in [0.717, 1.165) is 0 Å². The topological polar surface area (TPSA) is 59.2 Å². The van der Waals surface area contributed by atoms with Crippen LogP contribution in [0.1, 0.15) is 5.56 Å². The van der Waals surface area contributed by atoms with Crippen LogP contribution in [-0.4, -0.2) is 15.2 Å². The second-order valence-electron chi connectivity index (χ2n) is 4.52. The Hall–Kier alpha value is -2.76. The number of nitrogens with zero attached hydrogens (tertiary/aromatic N) is 2. The number of aromatic nitrogens is 2. The van der Waals surface area contributed by atoms with Gasteiger partial charge in [-0.05, 0) is 42.8 Å². The van der Waals surface area contributed by atoms with Crippen LogP contribution in [0.3, 0.4) is 0 Å². The van der Waals surface area contributed by atoms with Crippen molar-refractivity contribution in [1.82, 2.24) is 10.1 Å². The lowest BCUT2D eigenvalue weighted by Crippen LogP contribution is -1.88. The molecule has 0 aliphatic heterocycles. The molecular formula is C15H10F2N2O2. The van der Waals surface area contributed by atoms with Crippen LogP contribution in [0.4, 0.5) is 8.78 Å². The van der Waals surface area contributed by atoms with Crippen molar-refractivity contribution in [2.75, 3.05) is 0 Å². The summed E-state index contributed by atoms with van der Waals surface area (Å²) in [5.74, 6) is -1.26.